The van der Waals surface area contributed by atoms with Crippen LogP contribution >= 0.6 is 0 Å². The van der Waals surface area contributed by atoms with Gasteiger partial charge >= 0.3 is 6.18 Å². The number of anilines is 1. The van der Waals surface area contributed by atoms with Gasteiger partial charge in [0.05, 0.1) is 17.2 Å². The number of amides is 2. The van der Waals surface area contributed by atoms with Crippen LogP contribution in [0.25, 0.3) is 0 Å². The molecular formula is C18H21F3N2O2. The van der Waals surface area contributed by atoms with Gasteiger partial charge in [-0.15, -0.1) is 0 Å². The highest BCUT2D eigenvalue weighted by atomic mass is 19.4. The summed E-state index contributed by atoms with van der Waals surface area (Å²) in [7, 11) is 0. The molecule has 1 aromatic rings. The van der Waals surface area contributed by atoms with Gasteiger partial charge in [0.15, 0.2) is 0 Å². The third-order valence-corrected chi connectivity index (χ3v) is 4.95. The van der Waals surface area contributed by atoms with E-state index in [1.165, 1.54) is 18.2 Å². The van der Waals surface area contributed by atoms with Crippen molar-refractivity contribution >= 4 is 17.5 Å². The summed E-state index contributed by atoms with van der Waals surface area (Å²) in [6, 6.07) is 5.11. The zero-order chi connectivity index (χ0) is 18.0. The van der Waals surface area contributed by atoms with E-state index in [0.29, 0.717) is 0 Å². The molecule has 1 aromatic carbocycles. The fraction of sp³-hybridized carbons (Fsp3) is 0.556. The number of hydrogen-bond acceptors (Lipinski definition) is 2. The quantitative estimate of drug-likeness (QED) is 0.903. The first kappa shape index (κ1) is 17.8. The highest BCUT2D eigenvalue weighted by Crippen LogP contribution is 2.38. The van der Waals surface area contributed by atoms with Crippen molar-refractivity contribution in [2.24, 2.45) is 5.92 Å². The minimum atomic E-state index is -4.54. The average molecular weight is 354 g/mol. The molecule has 2 fully saturated rings. The SMILES string of the molecule is O=C(NC1CCCCC1)C1CC(=O)N(c2ccccc2C(F)(F)F)C1. The molecule has 7 heteroatoms. The maximum atomic E-state index is 13.2. The van der Waals surface area contributed by atoms with E-state index in [2.05, 4.69) is 5.32 Å². The van der Waals surface area contributed by atoms with Gasteiger partial charge in [-0.1, -0.05) is 31.4 Å². The predicted molar refractivity (Wildman–Crippen MR) is 86.9 cm³/mol. The van der Waals surface area contributed by atoms with Gasteiger partial charge in [-0.25, -0.2) is 0 Å². The van der Waals surface area contributed by atoms with E-state index in [-0.39, 0.29) is 30.6 Å². The number of nitrogens with zero attached hydrogens (tertiary/aromatic N) is 1. The van der Waals surface area contributed by atoms with Gasteiger partial charge in [0.2, 0.25) is 11.8 Å². The van der Waals surface area contributed by atoms with E-state index in [1.807, 2.05) is 0 Å². The number of halogens is 3. The largest absolute Gasteiger partial charge is 0.418 e. The fourth-order valence-electron chi connectivity index (χ4n) is 3.63. The smallest absolute Gasteiger partial charge is 0.353 e. The summed E-state index contributed by atoms with van der Waals surface area (Å²) in [5, 5.41) is 2.96. The zero-order valence-electron chi connectivity index (χ0n) is 13.8. The number of nitrogens with one attached hydrogen (secondary N) is 1. The summed E-state index contributed by atoms with van der Waals surface area (Å²) < 4.78 is 39.5. The molecule has 0 radical (unpaired) electrons. The van der Waals surface area contributed by atoms with Crippen LogP contribution in [0.2, 0.25) is 0 Å². The third kappa shape index (κ3) is 3.96. The lowest BCUT2D eigenvalue weighted by atomic mass is 9.95. The molecule has 0 spiro atoms. The van der Waals surface area contributed by atoms with Crippen LogP contribution in [0.15, 0.2) is 24.3 Å². The number of hydrogen-bond donors (Lipinski definition) is 1. The Kier molecular flexibility index (Phi) is 5.01. The van der Waals surface area contributed by atoms with E-state index < -0.39 is 23.6 Å². The fourth-order valence-corrected chi connectivity index (χ4v) is 3.63. The normalized spacial score (nSPS) is 22.3. The first-order chi connectivity index (χ1) is 11.9. The second kappa shape index (κ2) is 7.06. The molecule has 4 nitrogen and oxygen atoms in total. The zero-order valence-corrected chi connectivity index (χ0v) is 13.8. The molecule has 2 amide bonds. The van der Waals surface area contributed by atoms with E-state index in [4.69, 9.17) is 0 Å². The van der Waals surface area contributed by atoms with Crippen LogP contribution in [-0.2, 0) is 15.8 Å². The molecule has 136 valence electrons. The number of alkyl halides is 3. The minimum Gasteiger partial charge on any atom is -0.353 e. The molecule has 1 aliphatic heterocycles. The number of carbonyl (C=O) groups excluding carboxylic acids is 2. The van der Waals surface area contributed by atoms with Crippen molar-refractivity contribution in [3.05, 3.63) is 29.8 Å². The Labute approximate surface area is 144 Å². The highest BCUT2D eigenvalue weighted by molar-refractivity contribution is 6.00. The van der Waals surface area contributed by atoms with Crippen molar-refractivity contribution in [2.75, 3.05) is 11.4 Å². The lowest BCUT2D eigenvalue weighted by Gasteiger charge is -2.24. The third-order valence-electron chi connectivity index (χ3n) is 4.95. The Hall–Kier alpha value is -2.05. The topological polar surface area (TPSA) is 49.4 Å². The standard InChI is InChI=1S/C18H21F3N2O2/c19-18(20,21)14-8-4-5-9-15(14)23-11-12(10-16(23)24)17(25)22-13-6-2-1-3-7-13/h4-5,8-9,12-13H,1-3,6-7,10-11H2,(H,22,25). The lowest BCUT2D eigenvalue weighted by Crippen LogP contribution is -2.40. The molecule has 1 N–H and O–H groups in total. The Balaban J connectivity index is 1.72. The van der Waals surface area contributed by atoms with Gasteiger partial charge in [-0.3, -0.25) is 9.59 Å². The first-order valence-electron chi connectivity index (χ1n) is 8.63. The summed E-state index contributed by atoms with van der Waals surface area (Å²) in [6.45, 7) is -0.00944. The van der Waals surface area contributed by atoms with E-state index >= 15 is 0 Å². The molecule has 1 atom stereocenters. The molecule has 25 heavy (non-hydrogen) atoms. The molecular weight excluding hydrogens is 333 g/mol. The van der Waals surface area contributed by atoms with Crippen molar-refractivity contribution in [3.8, 4) is 0 Å². The monoisotopic (exact) mass is 354 g/mol. The Morgan fingerprint density at radius 1 is 1.12 bits per heavy atom. The Morgan fingerprint density at radius 3 is 2.48 bits per heavy atom. The first-order valence-corrected chi connectivity index (χ1v) is 8.63. The lowest BCUT2D eigenvalue weighted by molar-refractivity contribution is -0.137. The van der Waals surface area contributed by atoms with Crippen molar-refractivity contribution < 1.29 is 22.8 Å². The number of benzene rings is 1. The summed E-state index contributed by atoms with van der Waals surface area (Å²) in [4.78, 5) is 25.7. The second-order valence-electron chi connectivity index (χ2n) is 6.76. The van der Waals surface area contributed by atoms with Gasteiger partial charge in [-0.2, -0.15) is 13.2 Å². The van der Waals surface area contributed by atoms with Crippen LogP contribution in [0.1, 0.15) is 44.1 Å². The van der Waals surface area contributed by atoms with E-state index in [9.17, 15) is 22.8 Å². The molecule has 1 saturated heterocycles. The maximum Gasteiger partial charge on any atom is 0.418 e. The predicted octanol–water partition coefficient (Wildman–Crippen LogP) is 3.51. The number of carbonyl (C=O) groups is 2. The van der Waals surface area contributed by atoms with Gasteiger partial charge in [-0.05, 0) is 25.0 Å². The molecule has 1 unspecified atom stereocenters. The molecule has 1 aliphatic carbocycles. The van der Waals surface area contributed by atoms with Crippen molar-refractivity contribution in [1.29, 1.82) is 0 Å². The van der Waals surface area contributed by atoms with Gasteiger partial charge in [0.1, 0.15) is 0 Å². The van der Waals surface area contributed by atoms with Crippen molar-refractivity contribution in [2.45, 2.75) is 50.7 Å². The average Bonchev–Trinajstić information content (AvgIpc) is 2.97. The van der Waals surface area contributed by atoms with Crippen LogP contribution in [0.5, 0.6) is 0 Å². The van der Waals surface area contributed by atoms with E-state index in [1.54, 1.807) is 0 Å². The maximum absolute atomic E-state index is 13.2. The Morgan fingerprint density at radius 2 is 1.80 bits per heavy atom. The molecule has 2 aliphatic rings. The second-order valence-corrected chi connectivity index (χ2v) is 6.76. The van der Waals surface area contributed by atoms with E-state index in [0.717, 1.165) is 43.1 Å². The molecule has 1 saturated carbocycles. The van der Waals surface area contributed by atoms with Gasteiger partial charge in [0.25, 0.3) is 0 Å². The number of rotatable bonds is 3. The van der Waals surface area contributed by atoms with Crippen LogP contribution in [0, 0.1) is 5.92 Å². The summed E-state index contributed by atoms with van der Waals surface area (Å²) >= 11 is 0. The summed E-state index contributed by atoms with van der Waals surface area (Å²) in [5.41, 5.74) is -1.02. The molecule has 0 aromatic heterocycles. The van der Waals surface area contributed by atoms with Gasteiger partial charge in [0, 0.05) is 19.0 Å². The van der Waals surface area contributed by atoms with Crippen molar-refractivity contribution in [3.63, 3.8) is 0 Å². The van der Waals surface area contributed by atoms with Crippen molar-refractivity contribution in [1.82, 2.24) is 5.32 Å². The number of para-hydroxylation sites is 1. The minimum absolute atomic E-state index is 0.00944. The van der Waals surface area contributed by atoms with Crippen LogP contribution in [0.3, 0.4) is 0 Å². The van der Waals surface area contributed by atoms with Crippen LogP contribution < -0.4 is 10.2 Å². The van der Waals surface area contributed by atoms with Gasteiger partial charge < -0.3 is 10.2 Å². The Bertz CT molecular complexity index is 654. The molecule has 0 bridgehead atoms. The van der Waals surface area contributed by atoms with Crippen LogP contribution in [-0.4, -0.2) is 24.4 Å². The molecule has 3 rings (SSSR count). The summed E-state index contributed by atoms with van der Waals surface area (Å²) in [5.74, 6) is -1.27. The highest BCUT2D eigenvalue weighted by Gasteiger charge is 2.41. The van der Waals surface area contributed by atoms with Crippen LogP contribution in [0.4, 0.5) is 18.9 Å². The summed E-state index contributed by atoms with van der Waals surface area (Å²) in [6.07, 6.45) is 0.555. The molecule has 1 heterocycles.